The van der Waals surface area contributed by atoms with Crippen molar-refractivity contribution < 1.29 is 33.7 Å². The molecule has 4 rings (SSSR count). The molecule has 0 saturated heterocycles. The van der Waals surface area contributed by atoms with Gasteiger partial charge in [-0.25, -0.2) is 8.78 Å². The molecule has 43 heavy (non-hydrogen) atoms. The van der Waals surface area contributed by atoms with Crippen molar-refractivity contribution in [2.24, 2.45) is 0 Å². The molecule has 7 nitrogen and oxygen atoms in total. The van der Waals surface area contributed by atoms with E-state index in [1.165, 1.54) is 36.4 Å². The number of rotatable bonds is 12. The van der Waals surface area contributed by atoms with Gasteiger partial charge in [-0.15, -0.1) is 0 Å². The van der Waals surface area contributed by atoms with E-state index in [4.69, 9.17) is 5.11 Å². The number of hydrogen-bond donors (Lipinski definition) is 4. The second kappa shape index (κ2) is 15.4. The fraction of sp³-hybridized carbons (Fsp3) is 0.273. The van der Waals surface area contributed by atoms with Crippen LogP contribution < -0.4 is 5.32 Å². The Kier molecular flexibility index (Phi) is 12.2. The summed E-state index contributed by atoms with van der Waals surface area (Å²) in [5, 5.41) is 32.6. The van der Waals surface area contributed by atoms with Gasteiger partial charge in [0.1, 0.15) is 17.3 Å². The van der Waals surface area contributed by atoms with E-state index in [-0.39, 0.29) is 54.9 Å². The van der Waals surface area contributed by atoms with Gasteiger partial charge in [0.2, 0.25) is 0 Å². The first-order valence-corrected chi connectivity index (χ1v) is 13.8. The molecule has 10 heteroatoms. The van der Waals surface area contributed by atoms with E-state index >= 15 is 0 Å². The predicted octanol–water partition coefficient (Wildman–Crippen LogP) is 5.80. The fourth-order valence-corrected chi connectivity index (χ4v) is 5.23. The third-order valence-corrected chi connectivity index (χ3v) is 7.00. The van der Waals surface area contributed by atoms with Crippen molar-refractivity contribution >= 4 is 47.1 Å². The van der Waals surface area contributed by atoms with Gasteiger partial charge in [0.05, 0.1) is 18.6 Å². The molecule has 1 aromatic heterocycles. The number of aliphatic hydroxyl groups is 2. The van der Waals surface area contributed by atoms with Crippen molar-refractivity contribution in [1.82, 2.24) is 4.57 Å². The standard InChI is InChI=1S/C33H34F2N2O5.Na.H/c1-20(2)37-28(17-16-26(38)18-27(39)19-29(40)41)30(22-8-10-23(34)11-9-22)31(21-6-4-3-5-7-21)32(37)33(42)36-25-14-12-24(35)13-15-25;;/h3-15,20,26-27,38-39H,16-19H2,1-2H3,(H,36,42)(H,40,41);;/t26?,27-;;/m1../s1. The van der Waals surface area contributed by atoms with Crippen molar-refractivity contribution in [2.75, 3.05) is 5.32 Å². The van der Waals surface area contributed by atoms with Gasteiger partial charge in [-0.2, -0.15) is 0 Å². The molecule has 0 spiro atoms. The van der Waals surface area contributed by atoms with E-state index in [0.29, 0.717) is 33.8 Å². The van der Waals surface area contributed by atoms with Gasteiger partial charge in [0.15, 0.2) is 0 Å². The summed E-state index contributed by atoms with van der Waals surface area (Å²) < 4.78 is 29.5. The van der Waals surface area contributed by atoms with E-state index in [1.807, 2.05) is 48.7 Å². The number of nitrogens with zero attached hydrogens (tertiary/aromatic N) is 1. The Hall–Kier alpha value is -3.34. The van der Waals surface area contributed by atoms with Crippen LogP contribution in [0.1, 0.15) is 55.3 Å². The Morgan fingerprint density at radius 1 is 0.814 bits per heavy atom. The maximum absolute atomic E-state index is 14.0. The number of anilines is 1. The van der Waals surface area contributed by atoms with Crippen LogP contribution in [0.5, 0.6) is 0 Å². The summed E-state index contributed by atoms with van der Waals surface area (Å²) in [6.45, 7) is 3.85. The van der Waals surface area contributed by atoms with Gasteiger partial charge >= 0.3 is 35.5 Å². The van der Waals surface area contributed by atoms with Crippen molar-refractivity contribution in [3.05, 3.63) is 102 Å². The normalized spacial score (nSPS) is 12.4. The van der Waals surface area contributed by atoms with Crippen LogP contribution in [0, 0.1) is 11.6 Å². The number of carbonyl (C=O) groups is 2. The summed E-state index contributed by atoms with van der Waals surface area (Å²) in [7, 11) is 0. The minimum absolute atomic E-state index is 0. The SMILES string of the molecule is CC(C)n1c(CCC(O)C[C@@H](O)CC(=O)O)c(-c2ccc(F)cc2)c(-c2ccccc2)c1C(=O)Nc1ccc(F)cc1.[NaH]. The summed E-state index contributed by atoms with van der Waals surface area (Å²) in [6.07, 6.45) is -2.36. The number of carbonyl (C=O) groups excluding carboxylic acids is 1. The molecule has 2 atom stereocenters. The number of aromatic nitrogens is 1. The van der Waals surface area contributed by atoms with Crippen LogP contribution in [-0.4, -0.2) is 73.5 Å². The molecule has 3 aromatic carbocycles. The van der Waals surface area contributed by atoms with Crippen LogP contribution in [0.4, 0.5) is 14.5 Å². The molecule has 222 valence electrons. The first kappa shape index (κ1) is 34.2. The number of halogens is 2. The van der Waals surface area contributed by atoms with E-state index < -0.39 is 42.1 Å². The maximum atomic E-state index is 14.0. The zero-order chi connectivity index (χ0) is 30.4. The third kappa shape index (κ3) is 8.61. The molecule has 0 aliphatic heterocycles. The van der Waals surface area contributed by atoms with E-state index in [2.05, 4.69) is 5.32 Å². The van der Waals surface area contributed by atoms with E-state index in [1.54, 1.807) is 12.1 Å². The Morgan fingerprint density at radius 3 is 1.93 bits per heavy atom. The number of aliphatic carboxylic acids is 1. The number of carboxylic acid groups (broad SMARTS) is 1. The topological polar surface area (TPSA) is 112 Å². The fourth-order valence-electron chi connectivity index (χ4n) is 5.23. The number of benzene rings is 3. The van der Waals surface area contributed by atoms with Gasteiger partial charge in [0, 0.05) is 28.6 Å². The van der Waals surface area contributed by atoms with Crippen LogP contribution in [0.2, 0.25) is 0 Å². The summed E-state index contributed by atoms with van der Waals surface area (Å²) in [6, 6.07) is 20.5. The van der Waals surface area contributed by atoms with Crippen molar-refractivity contribution in [3.63, 3.8) is 0 Å². The van der Waals surface area contributed by atoms with Gasteiger partial charge < -0.3 is 25.2 Å². The molecular weight excluding hydrogens is 565 g/mol. The molecular formula is C33H35F2N2NaO5. The molecule has 0 aliphatic rings. The van der Waals surface area contributed by atoms with Crippen molar-refractivity contribution in [2.45, 2.75) is 57.8 Å². The summed E-state index contributed by atoms with van der Waals surface area (Å²) in [5.41, 5.74) is 4.19. The quantitative estimate of drug-likeness (QED) is 0.154. The summed E-state index contributed by atoms with van der Waals surface area (Å²) in [5.74, 6) is -2.44. The first-order valence-electron chi connectivity index (χ1n) is 13.8. The van der Waals surface area contributed by atoms with Gasteiger partial charge in [-0.3, -0.25) is 9.59 Å². The Balaban J connectivity index is 0.00000506. The average Bonchev–Trinajstić information content (AvgIpc) is 3.29. The number of nitrogens with one attached hydrogen (secondary N) is 1. The summed E-state index contributed by atoms with van der Waals surface area (Å²) in [4.78, 5) is 25.0. The molecule has 4 aromatic rings. The van der Waals surface area contributed by atoms with Crippen LogP contribution >= 0.6 is 0 Å². The first-order chi connectivity index (χ1) is 20.0. The Labute approximate surface area is 271 Å². The molecule has 1 heterocycles. The number of amides is 1. The molecule has 4 N–H and O–H groups in total. The van der Waals surface area contributed by atoms with Gasteiger partial charge in [-0.1, -0.05) is 42.5 Å². The van der Waals surface area contributed by atoms with E-state index in [9.17, 15) is 28.6 Å². The Bertz CT molecular complexity index is 1520. The van der Waals surface area contributed by atoms with Crippen LogP contribution in [0.3, 0.4) is 0 Å². The zero-order valence-electron chi connectivity index (χ0n) is 23.4. The second-order valence-corrected chi connectivity index (χ2v) is 10.5. The molecule has 0 radical (unpaired) electrons. The number of hydrogen-bond acceptors (Lipinski definition) is 4. The monoisotopic (exact) mass is 600 g/mol. The molecule has 0 saturated carbocycles. The molecule has 0 fully saturated rings. The minimum atomic E-state index is -1.21. The van der Waals surface area contributed by atoms with Crippen molar-refractivity contribution in [1.29, 1.82) is 0 Å². The number of aliphatic hydroxyl groups excluding tert-OH is 2. The van der Waals surface area contributed by atoms with Gasteiger partial charge in [-0.05, 0) is 80.6 Å². The zero-order valence-corrected chi connectivity index (χ0v) is 23.4. The third-order valence-electron chi connectivity index (χ3n) is 7.00. The Morgan fingerprint density at radius 2 is 1.37 bits per heavy atom. The van der Waals surface area contributed by atoms with Crippen molar-refractivity contribution in [3.8, 4) is 22.3 Å². The van der Waals surface area contributed by atoms with Crippen LogP contribution in [0.25, 0.3) is 22.3 Å². The predicted molar refractivity (Wildman–Crippen MR) is 164 cm³/mol. The summed E-state index contributed by atoms with van der Waals surface area (Å²) >= 11 is 0. The van der Waals surface area contributed by atoms with Gasteiger partial charge in [0.25, 0.3) is 5.91 Å². The number of carboxylic acids is 1. The van der Waals surface area contributed by atoms with E-state index in [0.717, 1.165) is 5.56 Å². The average molecular weight is 601 g/mol. The molecule has 0 aliphatic carbocycles. The molecule has 1 unspecified atom stereocenters. The molecule has 1 amide bonds. The van der Waals surface area contributed by atoms with Crippen LogP contribution in [0.15, 0.2) is 78.9 Å². The molecule has 0 bridgehead atoms. The van der Waals surface area contributed by atoms with Crippen LogP contribution in [-0.2, 0) is 11.2 Å². The second-order valence-electron chi connectivity index (χ2n) is 10.5.